The highest BCUT2D eigenvalue weighted by atomic mass is 15.1. The van der Waals surface area contributed by atoms with E-state index in [0.717, 1.165) is 28.1 Å². The maximum Gasteiger partial charge on any atom is 0.130 e. The number of rotatable bonds is 7. The molecule has 0 aliphatic heterocycles. The Morgan fingerprint density at radius 1 is 0.481 bits per heavy atom. The molecule has 0 saturated carbocycles. The van der Waals surface area contributed by atoms with Crippen LogP contribution in [-0.4, -0.2) is 5.84 Å². The minimum atomic E-state index is -0.420. The predicted molar refractivity (Wildman–Crippen MR) is 221 cm³/mol. The normalized spacial score (nSPS) is 12.4. The molecule has 0 heterocycles. The van der Waals surface area contributed by atoms with E-state index in [1.54, 1.807) is 0 Å². The van der Waals surface area contributed by atoms with Crippen molar-refractivity contribution in [3.05, 3.63) is 205 Å². The smallest absolute Gasteiger partial charge is 0.130 e. The van der Waals surface area contributed by atoms with Gasteiger partial charge in [0.05, 0.1) is 6.54 Å². The van der Waals surface area contributed by atoms with E-state index in [-0.39, 0.29) is 0 Å². The highest BCUT2D eigenvalue weighted by Crippen LogP contribution is 2.39. The zero-order valence-corrected chi connectivity index (χ0v) is 28.7. The number of amidine groups is 1. The predicted octanol–water partition coefficient (Wildman–Crippen LogP) is 11.8. The number of nitrogens with one attached hydrogen (secondary N) is 1. The minimum Gasteiger partial charge on any atom is -0.351 e. The number of nitrogens with zero attached hydrogens (tertiary/aromatic N) is 1. The molecule has 0 aliphatic rings. The molecule has 1 unspecified atom stereocenters. The van der Waals surface area contributed by atoms with E-state index in [0.29, 0.717) is 6.54 Å². The van der Waals surface area contributed by atoms with Crippen LogP contribution in [0.15, 0.2) is 193 Å². The van der Waals surface area contributed by atoms with E-state index >= 15 is 0 Å². The molecule has 9 rings (SSSR count). The SMILES string of the molecule is NC(N/C(=N\Cc1cccc(-c2cccc3ccccc23)c1)c1ccc(-c2c3ccccc3cc3c2ccc2ccccc23)cc1)c1ccccc1. The molecule has 0 fully saturated rings. The highest BCUT2D eigenvalue weighted by Gasteiger charge is 2.15. The first-order valence-corrected chi connectivity index (χ1v) is 17.8. The first kappa shape index (κ1) is 31.4. The van der Waals surface area contributed by atoms with Crippen molar-refractivity contribution in [2.75, 3.05) is 0 Å². The van der Waals surface area contributed by atoms with Crippen molar-refractivity contribution in [1.29, 1.82) is 0 Å². The van der Waals surface area contributed by atoms with Gasteiger partial charge in [-0.25, -0.2) is 0 Å². The Labute approximate surface area is 303 Å². The lowest BCUT2D eigenvalue weighted by molar-refractivity contribution is 0.679. The summed E-state index contributed by atoms with van der Waals surface area (Å²) in [5, 5.41) is 13.5. The molecule has 3 nitrogen and oxygen atoms in total. The van der Waals surface area contributed by atoms with E-state index in [9.17, 15) is 0 Å². The Morgan fingerprint density at radius 2 is 1.13 bits per heavy atom. The Kier molecular flexibility index (Phi) is 8.24. The Bertz CT molecular complexity index is 2740. The first-order valence-electron chi connectivity index (χ1n) is 17.8. The summed E-state index contributed by atoms with van der Waals surface area (Å²) in [4.78, 5) is 5.19. The Balaban J connectivity index is 1.11. The molecule has 248 valence electrons. The average Bonchev–Trinajstić information content (AvgIpc) is 3.21. The van der Waals surface area contributed by atoms with Crippen LogP contribution in [0.25, 0.3) is 65.3 Å². The molecule has 1 atom stereocenters. The van der Waals surface area contributed by atoms with Crippen molar-refractivity contribution in [3.8, 4) is 22.3 Å². The molecule has 3 heteroatoms. The molecule has 0 aromatic heterocycles. The molecule has 0 spiro atoms. The van der Waals surface area contributed by atoms with Crippen LogP contribution < -0.4 is 11.1 Å². The van der Waals surface area contributed by atoms with Gasteiger partial charge in [-0.05, 0) is 88.6 Å². The van der Waals surface area contributed by atoms with Crippen molar-refractivity contribution in [2.24, 2.45) is 10.7 Å². The van der Waals surface area contributed by atoms with Gasteiger partial charge in [0.25, 0.3) is 0 Å². The van der Waals surface area contributed by atoms with E-state index in [2.05, 4.69) is 163 Å². The molecular weight excluding hydrogens is 631 g/mol. The topological polar surface area (TPSA) is 50.4 Å². The second-order valence-corrected chi connectivity index (χ2v) is 13.4. The van der Waals surface area contributed by atoms with Gasteiger partial charge in [-0.2, -0.15) is 0 Å². The fourth-order valence-electron chi connectivity index (χ4n) is 7.52. The lowest BCUT2D eigenvalue weighted by atomic mass is 9.89. The van der Waals surface area contributed by atoms with Crippen LogP contribution in [0.4, 0.5) is 0 Å². The number of benzene rings is 9. The van der Waals surface area contributed by atoms with Crippen LogP contribution in [-0.2, 0) is 6.54 Å². The van der Waals surface area contributed by atoms with Crippen molar-refractivity contribution in [1.82, 2.24) is 5.32 Å². The van der Waals surface area contributed by atoms with Gasteiger partial charge in [-0.1, -0.05) is 176 Å². The van der Waals surface area contributed by atoms with Crippen molar-refractivity contribution in [2.45, 2.75) is 12.7 Å². The fraction of sp³-hybridized carbons (Fsp3) is 0.0408. The van der Waals surface area contributed by atoms with Crippen LogP contribution in [0.3, 0.4) is 0 Å². The summed E-state index contributed by atoms with van der Waals surface area (Å²) < 4.78 is 0. The summed E-state index contributed by atoms with van der Waals surface area (Å²) in [6, 6.07) is 66.8. The summed E-state index contributed by atoms with van der Waals surface area (Å²) in [6.45, 7) is 0.505. The number of hydrogen-bond donors (Lipinski definition) is 2. The van der Waals surface area contributed by atoms with Gasteiger partial charge in [0.1, 0.15) is 12.0 Å². The summed E-state index contributed by atoms with van der Waals surface area (Å²) in [6.07, 6.45) is -0.420. The standard InChI is InChI=1S/C49H37N3/c50-48(37-15-2-1-3-16-37)52-49(51-32-33-12-10-19-39(30-33)43-23-11-18-34-13-4-7-20-41(34)43)38-26-24-36(25-27-38)47-44-22-9-6-17-40(44)31-46-42-21-8-5-14-35(42)28-29-45(46)47/h1-31,48H,32,50H2,(H,51,52). The summed E-state index contributed by atoms with van der Waals surface area (Å²) in [5.74, 6) is 0.757. The second-order valence-electron chi connectivity index (χ2n) is 13.4. The van der Waals surface area contributed by atoms with Crippen LogP contribution in [0.2, 0.25) is 0 Å². The van der Waals surface area contributed by atoms with E-state index in [1.165, 1.54) is 59.8 Å². The van der Waals surface area contributed by atoms with Crippen LogP contribution >= 0.6 is 0 Å². The van der Waals surface area contributed by atoms with E-state index < -0.39 is 6.17 Å². The van der Waals surface area contributed by atoms with Crippen molar-refractivity contribution >= 4 is 48.9 Å². The molecule has 9 aromatic rings. The lowest BCUT2D eigenvalue weighted by Crippen LogP contribution is -2.34. The van der Waals surface area contributed by atoms with Gasteiger partial charge in [-0.3, -0.25) is 4.99 Å². The third-order valence-corrected chi connectivity index (χ3v) is 10.1. The lowest BCUT2D eigenvalue weighted by Gasteiger charge is -2.19. The fourth-order valence-corrected chi connectivity index (χ4v) is 7.52. The number of aliphatic imine (C=N–C) groups is 1. The van der Waals surface area contributed by atoms with Gasteiger partial charge in [0, 0.05) is 5.56 Å². The quantitative estimate of drug-likeness (QED) is 0.0584. The molecule has 0 bridgehead atoms. The minimum absolute atomic E-state index is 0.420. The highest BCUT2D eigenvalue weighted by molar-refractivity contribution is 6.20. The van der Waals surface area contributed by atoms with Gasteiger partial charge in [0.2, 0.25) is 0 Å². The molecule has 52 heavy (non-hydrogen) atoms. The van der Waals surface area contributed by atoms with E-state index in [4.69, 9.17) is 10.7 Å². The van der Waals surface area contributed by atoms with Crippen molar-refractivity contribution < 1.29 is 0 Å². The summed E-state index contributed by atoms with van der Waals surface area (Å²) in [7, 11) is 0. The van der Waals surface area contributed by atoms with Crippen LogP contribution in [0.5, 0.6) is 0 Å². The van der Waals surface area contributed by atoms with Crippen LogP contribution in [0, 0.1) is 0 Å². The molecule has 0 saturated heterocycles. The largest absolute Gasteiger partial charge is 0.351 e. The first-order chi connectivity index (χ1) is 25.7. The second kappa shape index (κ2) is 13.6. The molecule has 3 N–H and O–H groups in total. The molecule has 0 amide bonds. The maximum absolute atomic E-state index is 6.75. The average molecular weight is 668 g/mol. The molecule has 0 radical (unpaired) electrons. The van der Waals surface area contributed by atoms with Gasteiger partial charge in [-0.15, -0.1) is 0 Å². The van der Waals surface area contributed by atoms with Crippen LogP contribution in [0.1, 0.15) is 22.9 Å². The number of fused-ring (bicyclic) bond motifs is 5. The number of nitrogens with two attached hydrogens (primary N) is 1. The zero-order valence-electron chi connectivity index (χ0n) is 28.7. The maximum atomic E-state index is 6.75. The van der Waals surface area contributed by atoms with E-state index in [1.807, 2.05) is 30.3 Å². The van der Waals surface area contributed by atoms with Gasteiger partial charge < -0.3 is 11.1 Å². The van der Waals surface area contributed by atoms with Gasteiger partial charge >= 0.3 is 0 Å². The van der Waals surface area contributed by atoms with Crippen molar-refractivity contribution in [3.63, 3.8) is 0 Å². The Morgan fingerprint density at radius 3 is 1.94 bits per heavy atom. The molecule has 9 aromatic carbocycles. The Hall–Kier alpha value is -6.55. The third kappa shape index (κ3) is 5.98. The molecule has 0 aliphatic carbocycles. The number of hydrogen-bond acceptors (Lipinski definition) is 2. The monoisotopic (exact) mass is 667 g/mol. The summed E-state index contributed by atoms with van der Waals surface area (Å²) >= 11 is 0. The summed E-state index contributed by atoms with van der Waals surface area (Å²) in [5.41, 5.74) is 14.7. The van der Waals surface area contributed by atoms with Gasteiger partial charge in [0.15, 0.2) is 0 Å². The molecular formula is C49H37N3. The third-order valence-electron chi connectivity index (χ3n) is 10.1. The zero-order chi connectivity index (χ0) is 34.9.